The minimum absolute atomic E-state index is 0. The number of rotatable bonds is 44. The molecule has 26 nitrogen and oxygen atoms in total. The molecular formula is C63H93ClF4N4O22. The number of nitrogens with one attached hydrogen (secondary N) is 3. The number of aliphatic carboxylic acids is 1. The smallest absolute Gasteiger partial charge is 0.407 e. The van der Waals surface area contributed by atoms with Crippen molar-refractivity contribution < 1.29 is 141 Å². The SMILES string of the molecule is CC(C)(C)OC(=O)COc1ccc(CC(NC(=O)CCOCCOCCOCCOCCNC(=O)OC(C)(C)C)C(=O)Oc2c(F)c(F)cc(F)c2F)cc1.CC(C)(C)OC(=O)COc1ccc(CC(NC(=O)CCOCCOCCOCCOCC[NH3+])C(=O)O)cc1.[Cl-]. The first kappa shape index (κ1) is 85.0. The Morgan fingerprint density at radius 2 is 0.819 bits per heavy atom. The van der Waals surface area contributed by atoms with Crippen molar-refractivity contribution in [2.75, 3.05) is 132 Å². The van der Waals surface area contributed by atoms with Gasteiger partial charge in [0.1, 0.15) is 40.4 Å². The van der Waals surface area contributed by atoms with E-state index in [9.17, 15) is 56.2 Å². The van der Waals surface area contributed by atoms with E-state index in [0.717, 1.165) is 6.54 Å². The third-order valence-corrected chi connectivity index (χ3v) is 11.2. The monoisotopic (exact) mass is 1370 g/mol. The molecule has 0 aliphatic carbocycles. The van der Waals surface area contributed by atoms with Gasteiger partial charge in [-0.2, -0.15) is 8.78 Å². The number of halogens is 5. The number of hydrogen-bond donors (Lipinski definition) is 5. The summed E-state index contributed by atoms with van der Waals surface area (Å²) in [7, 11) is 0. The van der Waals surface area contributed by atoms with Crippen LogP contribution in [0, 0.1) is 23.3 Å². The van der Waals surface area contributed by atoms with E-state index < -0.39 is 99.7 Å². The highest BCUT2D eigenvalue weighted by Gasteiger charge is 2.29. The summed E-state index contributed by atoms with van der Waals surface area (Å²) in [5, 5.41) is 17.0. The van der Waals surface area contributed by atoms with Crippen LogP contribution in [0.25, 0.3) is 0 Å². The van der Waals surface area contributed by atoms with Crippen molar-refractivity contribution in [3.05, 3.63) is 89.0 Å². The van der Waals surface area contributed by atoms with Crippen molar-refractivity contribution in [1.29, 1.82) is 0 Å². The second-order valence-corrected chi connectivity index (χ2v) is 22.9. The van der Waals surface area contributed by atoms with Crippen LogP contribution in [0.3, 0.4) is 0 Å². The van der Waals surface area contributed by atoms with Crippen molar-refractivity contribution in [1.82, 2.24) is 16.0 Å². The number of carboxylic acid groups (broad SMARTS) is 1. The first-order valence-corrected chi connectivity index (χ1v) is 30.1. The normalized spacial score (nSPS) is 12.0. The summed E-state index contributed by atoms with van der Waals surface area (Å²) >= 11 is 0. The van der Waals surface area contributed by atoms with E-state index in [1.54, 1.807) is 86.6 Å². The van der Waals surface area contributed by atoms with Gasteiger partial charge in [-0.05, 0) is 97.7 Å². The average Bonchev–Trinajstić information content (AvgIpc) is 0.825. The number of esters is 3. The largest absolute Gasteiger partial charge is 1.00 e. The number of quaternary nitrogens is 1. The van der Waals surface area contributed by atoms with Gasteiger partial charge >= 0.3 is 30.0 Å². The second kappa shape index (κ2) is 47.0. The molecular weight excluding hydrogens is 1280 g/mol. The fourth-order valence-electron chi connectivity index (χ4n) is 7.18. The van der Waals surface area contributed by atoms with E-state index in [4.69, 9.17) is 66.3 Å². The van der Waals surface area contributed by atoms with Gasteiger partial charge in [-0.1, -0.05) is 24.3 Å². The van der Waals surface area contributed by atoms with Crippen molar-refractivity contribution in [3.8, 4) is 17.2 Å². The highest BCUT2D eigenvalue weighted by Crippen LogP contribution is 2.27. The third-order valence-electron chi connectivity index (χ3n) is 11.2. The lowest BCUT2D eigenvalue weighted by Crippen LogP contribution is -3.00. The summed E-state index contributed by atoms with van der Waals surface area (Å²) in [6.07, 6.45) is -0.922. The van der Waals surface area contributed by atoms with Crippen molar-refractivity contribution in [3.63, 3.8) is 0 Å². The van der Waals surface area contributed by atoms with Crippen LogP contribution in [0.2, 0.25) is 0 Å². The van der Waals surface area contributed by atoms with Gasteiger partial charge in [-0.15, -0.1) is 0 Å². The molecule has 2 atom stereocenters. The van der Waals surface area contributed by atoms with Gasteiger partial charge in [0.2, 0.25) is 29.2 Å². The van der Waals surface area contributed by atoms with Crippen LogP contribution in [0.1, 0.15) is 86.3 Å². The maximum absolute atomic E-state index is 14.3. The van der Waals surface area contributed by atoms with Crippen LogP contribution in [-0.4, -0.2) is 208 Å². The van der Waals surface area contributed by atoms with Gasteiger partial charge in [0.15, 0.2) is 24.8 Å². The van der Waals surface area contributed by atoms with Crippen LogP contribution in [-0.2, 0) is 93.7 Å². The number of carbonyl (C=O) groups excluding carboxylic acids is 6. The molecule has 3 rings (SSSR count). The minimum Gasteiger partial charge on any atom is -1.00 e. The zero-order valence-electron chi connectivity index (χ0n) is 54.9. The molecule has 0 bridgehead atoms. The zero-order chi connectivity index (χ0) is 69.2. The predicted octanol–water partition coefficient (Wildman–Crippen LogP) is 1.80. The summed E-state index contributed by atoms with van der Waals surface area (Å²) in [5.41, 5.74) is 2.89. The Morgan fingerprint density at radius 3 is 1.18 bits per heavy atom. The molecule has 2 unspecified atom stereocenters. The van der Waals surface area contributed by atoms with Gasteiger partial charge in [0.25, 0.3) is 0 Å². The first-order chi connectivity index (χ1) is 43.9. The number of benzene rings is 3. The highest BCUT2D eigenvalue weighted by atomic mass is 35.5. The lowest BCUT2D eigenvalue weighted by molar-refractivity contribution is -0.374. The van der Waals surface area contributed by atoms with Gasteiger partial charge in [0.05, 0.1) is 112 Å². The molecule has 3 aromatic rings. The van der Waals surface area contributed by atoms with E-state index in [1.807, 2.05) is 0 Å². The summed E-state index contributed by atoms with van der Waals surface area (Å²) in [6.45, 7) is 21.2. The molecule has 0 aromatic heterocycles. The number of carbonyl (C=O) groups is 7. The number of alkyl carbamates (subject to hydrolysis) is 1. The van der Waals surface area contributed by atoms with Crippen LogP contribution >= 0.6 is 0 Å². The van der Waals surface area contributed by atoms with Crippen LogP contribution in [0.15, 0.2) is 54.6 Å². The van der Waals surface area contributed by atoms with E-state index >= 15 is 0 Å². The van der Waals surface area contributed by atoms with E-state index in [1.165, 1.54) is 24.3 Å². The first-order valence-electron chi connectivity index (χ1n) is 30.1. The third kappa shape index (κ3) is 42.4. The molecule has 532 valence electrons. The Labute approximate surface area is 551 Å². The van der Waals surface area contributed by atoms with Crippen LogP contribution < -0.4 is 48.3 Å². The summed E-state index contributed by atoms with van der Waals surface area (Å²) in [4.78, 5) is 84.8. The van der Waals surface area contributed by atoms with E-state index in [2.05, 4.69) is 21.7 Å². The Bertz CT molecular complexity index is 2670. The molecule has 0 radical (unpaired) electrons. The molecule has 31 heteroatoms. The molecule has 7 N–H and O–H groups in total. The van der Waals surface area contributed by atoms with Gasteiger partial charge in [-0.25, -0.2) is 32.8 Å². The summed E-state index contributed by atoms with van der Waals surface area (Å²) in [5.74, 6) is -13.1. The number of carboxylic acids is 1. The summed E-state index contributed by atoms with van der Waals surface area (Å²) < 4.78 is 130. The molecule has 3 aromatic carbocycles. The Morgan fingerprint density at radius 1 is 0.479 bits per heavy atom. The molecule has 3 amide bonds. The predicted molar refractivity (Wildman–Crippen MR) is 324 cm³/mol. The molecule has 0 heterocycles. The van der Waals surface area contributed by atoms with E-state index in [0.29, 0.717) is 89.5 Å². The second-order valence-electron chi connectivity index (χ2n) is 22.9. The molecule has 0 saturated carbocycles. The molecule has 0 aliphatic heterocycles. The quantitative estimate of drug-likeness (QED) is 0.0135. The molecule has 0 spiro atoms. The average molecular weight is 1370 g/mol. The fourth-order valence-corrected chi connectivity index (χ4v) is 7.18. The maximum Gasteiger partial charge on any atom is 0.407 e. The molecule has 0 saturated heterocycles. The van der Waals surface area contributed by atoms with Gasteiger partial charge < -0.3 is 106 Å². The molecule has 0 aliphatic rings. The standard InChI is InChI=1S/C37H50F4N2O12.C26H42N2O10.ClH/c1-36(2,3)54-30(45)23-52-25-9-7-24(8-10-25)21-28(34(46)53-33-31(40)26(38)22-27(39)32(33)41)43-29(44)11-13-48-15-17-50-19-20-51-18-16-49-14-12-42-35(47)55-37(4,5)6;1-26(2,3)38-24(30)19-37-21-6-4-20(5-7-21)18-22(25(31)32)28-23(29)8-10-33-12-14-35-16-17-36-15-13-34-11-9-27;/h7-10,22,28H,11-21,23H2,1-6H3,(H,42,47)(H,43,44);4-7,22H,8-19,27H2,1-3H3,(H,28,29)(H,31,32);1H. The van der Waals surface area contributed by atoms with Crippen molar-refractivity contribution in [2.45, 2.75) is 117 Å². The number of amides is 3. The van der Waals surface area contributed by atoms with E-state index in [-0.39, 0.29) is 103 Å². The Balaban J connectivity index is 0.000000994. The highest BCUT2D eigenvalue weighted by molar-refractivity contribution is 5.86. The van der Waals surface area contributed by atoms with Crippen molar-refractivity contribution >= 4 is 41.8 Å². The topological polar surface area (TPSA) is 333 Å². The summed E-state index contributed by atoms with van der Waals surface area (Å²) in [6, 6.07) is 9.85. The Kier molecular flexibility index (Phi) is 42.5. The van der Waals surface area contributed by atoms with Gasteiger partial charge in [-0.3, -0.25) is 9.59 Å². The minimum atomic E-state index is -1.93. The number of ether oxygens (including phenoxy) is 14. The zero-order valence-corrected chi connectivity index (χ0v) is 55.7. The number of hydrogen-bond acceptors (Lipinski definition) is 21. The van der Waals surface area contributed by atoms with Crippen LogP contribution in [0.5, 0.6) is 17.2 Å². The lowest BCUT2D eigenvalue weighted by Gasteiger charge is -2.20. The maximum atomic E-state index is 14.3. The van der Waals surface area contributed by atoms with Crippen LogP contribution in [0.4, 0.5) is 22.4 Å². The van der Waals surface area contributed by atoms with Gasteiger partial charge in [0, 0.05) is 38.3 Å². The lowest BCUT2D eigenvalue weighted by atomic mass is 10.1. The Hall–Kier alpha value is -7.00. The van der Waals surface area contributed by atoms with Crippen molar-refractivity contribution in [2.24, 2.45) is 0 Å². The fraction of sp³-hybridized carbons (Fsp3) is 0.603. The molecule has 0 fully saturated rings. The molecule has 94 heavy (non-hydrogen) atoms.